The predicted octanol–water partition coefficient (Wildman–Crippen LogP) is 4.82. The molecule has 1 amide bonds. The highest BCUT2D eigenvalue weighted by molar-refractivity contribution is 7.22. The topological polar surface area (TPSA) is 41.9 Å². The number of hydrogen-bond acceptors (Lipinski definition) is 5. The van der Waals surface area contributed by atoms with Gasteiger partial charge in [-0.25, -0.2) is 4.79 Å². The molecule has 0 aromatic carbocycles. The zero-order valence-electron chi connectivity index (χ0n) is 12.4. The van der Waals surface area contributed by atoms with Crippen molar-refractivity contribution in [1.29, 1.82) is 0 Å². The van der Waals surface area contributed by atoms with E-state index < -0.39 is 0 Å². The Morgan fingerprint density at radius 1 is 1.18 bits per heavy atom. The first-order valence-corrected chi connectivity index (χ1v) is 9.08. The van der Waals surface area contributed by atoms with Crippen LogP contribution in [0.4, 0.5) is 4.79 Å². The van der Waals surface area contributed by atoms with E-state index in [2.05, 4.69) is 22.7 Å². The molecule has 0 spiro atoms. The maximum absolute atomic E-state index is 11.9. The summed E-state index contributed by atoms with van der Waals surface area (Å²) in [5, 5.41) is 6.07. The lowest BCUT2D eigenvalue weighted by atomic mass is 10.1. The smallest absolute Gasteiger partial charge is 0.306 e. The average Bonchev–Trinajstić information content (AvgIpc) is 3.23. The van der Waals surface area contributed by atoms with Gasteiger partial charge in [-0.15, -0.1) is 22.7 Å². The van der Waals surface area contributed by atoms with Crippen molar-refractivity contribution in [1.82, 2.24) is 4.90 Å². The molecule has 0 saturated carbocycles. The van der Waals surface area contributed by atoms with Crippen molar-refractivity contribution in [3.05, 3.63) is 34.5 Å². The van der Waals surface area contributed by atoms with Gasteiger partial charge in [0.1, 0.15) is 0 Å². The van der Waals surface area contributed by atoms with Crippen LogP contribution in [0.25, 0.3) is 9.75 Å². The fourth-order valence-electron chi connectivity index (χ4n) is 2.37. The van der Waals surface area contributed by atoms with Crippen molar-refractivity contribution in [3.8, 4) is 9.75 Å². The summed E-state index contributed by atoms with van der Waals surface area (Å²) in [6.45, 7) is 3.41. The van der Waals surface area contributed by atoms with Crippen molar-refractivity contribution in [2.75, 3.05) is 13.1 Å². The molecular weight excluding hydrogens is 316 g/mol. The Labute approximate surface area is 138 Å². The van der Waals surface area contributed by atoms with E-state index in [1.165, 1.54) is 16.2 Å². The van der Waals surface area contributed by atoms with Gasteiger partial charge in [0.05, 0.1) is 10.6 Å². The second kappa shape index (κ2) is 7.07. The second-order valence-corrected chi connectivity index (χ2v) is 7.25. The first-order chi connectivity index (χ1) is 10.7. The van der Waals surface area contributed by atoms with Gasteiger partial charge in [0, 0.05) is 22.8 Å². The highest BCUT2D eigenvalue weighted by atomic mass is 32.1. The summed E-state index contributed by atoms with van der Waals surface area (Å²) < 4.78 is 0. The maximum Gasteiger partial charge on any atom is 0.435 e. The summed E-state index contributed by atoms with van der Waals surface area (Å²) in [6, 6.07) is 8.24. The summed E-state index contributed by atoms with van der Waals surface area (Å²) in [6.07, 6.45) is 2.95. The van der Waals surface area contributed by atoms with Gasteiger partial charge in [-0.1, -0.05) is 11.2 Å². The molecule has 22 heavy (non-hydrogen) atoms. The summed E-state index contributed by atoms with van der Waals surface area (Å²) >= 11 is 3.38. The molecule has 3 rings (SSSR count). The highest BCUT2D eigenvalue weighted by Crippen LogP contribution is 2.31. The van der Waals surface area contributed by atoms with E-state index in [1.807, 2.05) is 19.1 Å². The molecule has 0 N–H and O–H groups in total. The fraction of sp³-hybridized carbons (Fsp3) is 0.375. The van der Waals surface area contributed by atoms with Crippen molar-refractivity contribution < 1.29 is 9.63 Å². The number of oxime groups is 1. The first-order valence-electron chi connectivity index (χ1n) is 7.38. The fourth-order valence-corrected chi connectivity index (χ4v) is 4.15. The molecule has 3 heterocycles. The van der Waals surface area contributed by atoms with Crippen LogP contribution in [0.3, 0.4) is 0 Å². The number of hydrogen-bond donors (Lipinski definition) is 0. The molecule has 0 atom stereocenters. The molecule has 116 valence electrons. The number of nitrogens with zero attached hydrogens (tertiary/aromatic N) is 2. The van der Waals surface area contributed by atoms with Gasteiger partial charge >= 0.3 is 6.09 Å². The number of piperidine rings is 1. The average molecular weight is 334 g/mol. The van der Waals surface area contributed by atoms with Crippen molar-refractivity contribution in [3.63, 3.8) is 0 Å². The molecule has 1 saturated heterocycles. The zero-order valence-corrected chi connectivity index (χ0v) is 14.1. The quantitative estimate of drug-likeness (QED) is 0.458. The molecule has 0 unspecified atom stereocenters. The summed E-state index contributed by atoms with van der Waals surface area (Å²) in [7, 11) is 0. The summed E-state index contributed by atoms with van der Waals surface area (Å²) in [5.74, 6) is 0. The van der Waals surface area contributed by atoms with E-state index in [-0.39, 0.29) is 6.09 Å². The van der Waals surface area contributed by atoms with Crippen molar-refractivity contribution in [2.45, 2.75) is 26.2 Å². The minimum atomic E-state index is -0.339. The minimum Gasteiger partial charge on any atom is -0.306 e. The van der Waals surface area contributed by atoms with Crippen LogP contribution in [0.1, 0.15) is 31.1 Å². The Morgan fingerprint density at radius 2 is 2.00 bits per heavy atom. The van der Waals surface area contributed by atoms with Crippen LogP contribution in [0.2, 0.25) is 0 Å². The number of carbonyl (C=O) groups excluding carboxylic acids is 1. The molecule has 2 aromatic heterocycles. The number of thiophene rings is 2. The maximum atomic E-state index is 11.9. The molecular formula is C16H18N2O2S2. The van der Waals surface area contributed by atoms with E-state index in [0.29, 0.717) is 0 Å². The Morgan fingerprint density at radius 3 is 2.73 bits per heavy atom. The summed E-state index contributed by atoms with van der Waals surface area (Å²) in [5.41, 5.74) is 0.734. The number of rotatable bonds is 3. The van der Waals surface area contributed by atoms with Gasteiger partial charge < -0.3 is 4.90 Å². The van der Waals surface area contributed by atoms with E-state index in [1.54, 1.807) is 27.6 Å². The molecule has 1 fully saturated rings. The number of likely N-dealkylation sites (tertiary alicyclic amines) is 1. The normalized spacial score (nSPS) is 15.9. The Bertz CT molecular complexity index is 656. The lowest BCUT2D eigenvalue weighted by molar-refractivity contribution is 0.0982. The van der Waals surface area contributed by atoms with Crippen molar-refractivity contribution >= 4 is 34.5 Å². The van der Waals surface area contributed by atoms with Gasteiger partial charge in [0.25, 0.3) is 0 Å². The Hall–Kier alpha value is -1.66. The van der Waals surface area contributed by atoms with Crippen LogP contribution in [0.15, 0.2) is 34.8 Å². The minimum absolute atomic E-state index is 0.339. The summed E-state index contributed by atoms with van der Waals surface area (Å²) in [4.78, 5) is 22.2. The van der Waals surface area contributed by atoms with Crippen LogP contribution in [0.5, 0.6) is 0 Å². The van der Waals surface area contributed by atoms with Crippen LogP contribution < -0.4 is 0 Å². The van der Waals surface area contributed by atoms with Gasteiger partial charge in [0.15, 0.2) is 0 Å². The standard InChI is InChI=1S/C16H18N2O2S2/c1-12(17-20-16(19)18-9-3-2-4-10-18)13-7-8-15(22-13)14-6-5-11-21-14/h5-8,11H,2-4,9-10H2,1H3/b17-12-. The molecule has 0 bridgehead atoms. The third-order valence-electron chi connectivity index (χ3n) is 3.60. The molecule has 0 aliphatic carbocycles. The first kappa shape index (κ1) is 15.2. The van der Waals surface area contributed by atoms with Crippen LogP contribution >= 0.6 is 22.7 Å². The Kier molecular flexibility index (Phi) is 4.90. The second-order valence-electron chi connectivity index (χ2n) is 5.22. The van der Waals surface area contributed by atoms with E-state index >= 15 is 0 Å². The number of amides is 1. The monoisotopic (exact) mass is 334 g/mol. The van der Waals surface area contributed by atoms with Gasteiger partial charge in [0.2, 0.25) is 0 Å². The molecule has 4 nitrogen and oxygen atoms in total. The molecule has 6 heteroatoms. The number of carbonyl (C=O) groups is 1. The highest BCUT2D eigenvalue weighted by Gasteiger charge is 2.18. The molecule has 1 aliphatic heterocycles. The van der Waals surface area contributed by atoms with Gasteiger partial charge in [-0.05, 0) is 49.8 Å². The van der Waals surface area contributed by atoms with Crippen LogP contribution in [-0.2, 0) is 4.84 Å². The van der Waals surface area contributed by atoms with E-state index in [9.17, 15) is 4.79 Å². The molecule has 0 radical (unpaired) electrons. The Balaban J connectivity index is 1.63. The van der Waals surface area contributed by atoms with Gasteiger partial charge in [-0.3, -0.25) is 4.84 Å². The predicted molar refractivity (Wildman–Crippen MR) is 91.7 cm³/mol. The van der Waals surface area contributed by atoms with Crippen LogP contribution in [-0.4, -0.2) is 29.8 Å². The van der Waals surface area contributed by atoms with Crippen LogP contribution in [0, 0.1) is 0 Å². The largest absolute Gasteiger partial charge is 0.435 e. The molecule has 2 aromatic rings. The van der Waals surface area contributed by atoms with E-state index in [0.717, 1.165) is 36.5 Å². The third kappa shape index (κ3) is 3.56. The molecule has 1 aliphatic rings. The SMILES string of the molecule is C/C(=N/OC(=O)N1CCCCC1)c1ccc(-c2cccs2)s1. The lowest BCUT2D eigenvalue weighted by Gasteiger charge is -2.24. The van der Waals surface area contributed by atoms with E-state index in [4.69, 9.17) is 4.84 Å². The third-order valence-corrected chi connectivity index (χ3v) is 5.86. The zero-order chi connectivity index (χ0) is 15.4. The van der Waals surface area contributed by atoms with Gasteiger partial charge in [-0.2, -0.15) is 0 Å². The van der Waals surface area contributed by atoms with Crippen molar-refractivity contribution in [2.24, 2.45) is 5.16 Å². The lowest BCUT2D eigenvalue weighted by Crippen LogP contribution is -2.35.